The van der Waals surface area contributed by atoms with Gasteiger partial charge in [0.05, 0.1) is 0 Å². The molecule has 1 aliphatic rings. The van der Waals surface area contributed by atoms with Crippen LogP contribution in [0.4, 0.5) is 10.2 Å². The molecule has 1 fully saturated rings. The molecule has 3 nitrogen and oxygen atoms in total. The van der Waals surface area contributed by atoms with Crippen LogP contribution in [-0.4, -0.2) is 16.5 Å². The lowest BCUT2D eigenvalue weighted by molar-refractivity contribution is 0.628. The van der Waals surface area contributed by atoms with Crippen LogP contribution in [0, 0.1) is 5.82 Å². The third-order valence-electron chi connectivity index (χ3n) is 3.96. The summed E-state index contributed by atoms with van der Waals surface area (Å²) in [6, 6.07) is 8.52. The molecule has 0 unspecified atom stereocenters. The lowest BCUT2D eigenvalue weighted by Gasteiger charge is -2.13. The molecule has 1 N–H and O–H groups in total. The number of anilines is 1. The van der Waals surface area contributed by atoms with Gasteiger partial charge in [0.2, 0.25) is 0 Å². The van der Waals surface area contributed by atoms with Crippen molar-refractivity contribution in [1.82, 2.24) is 9.97 Å². The highest BCUT2D eigenvalue weighted by Crippen LogP contribution is 2.34. The molecule has 0 atom stereocenters. The summed E-state index contributed by atoms with van der Waals surface area (Å²) in [4.78, 5) is 9.21. The summed E-state index contributed by atoms with van der Waals surface area (Å²) in [5.41, 5.74) is 1.81. The number of halogens is 1. The normalized spacial score (nSPS) is 15.3. The predicted molar refractivity (Wildman–Crippen MR) is 82.8 cm³/mol. The average molecular weight is 285 g/mol. The molecule has 1 aromatic carbocycles. The maximum absolute atomic E-state index is 13.4. The van der Waals surface area contributed by atoms with Crippen LogP contribution in [-0.2, 0) is 0 Å². The third-order valence-corrected chi connectivity index (χ3v) is 3.96. The molecule has 0 spiro atoms. The zero-order valence-electron chi connectivity index (χ0n) is 12.3. The van der Waals surface area contributed by atoms with Gasteiger partial charge in [-0.05, 0) is 31.9 Å². The second-order valence-corrected chi connectivity index (χ2v) is 5.52. The Morgan fingerprint density at radius 3 is 2.71 bits per heavy atom. The molecule has 1 saturated carbocycles. The van der Waals surface area contributed by atoms with E-state index in [4.69, 9.17) is 4.98 Å². The van der Waals surface area contributed by atoms with Gasteiger partial charge in [0, 0.05) is 29.8 Å². The van der Waals surface area contributed by atoms with Crippen molar-refractivity contribution in [3.63, 3.8) is 0 Å². The number of aromatic nitrogens is 2. The lowest BCUT2D eigenvalue weighted by atomic mass is 10.0. The average Bonchev–Trinajstić information content (AvgIpc) is 3.01. The van der Waals surface area contributed by atoms with Crippen LogP contribution in [0.3, 0.4) is 0 Å². The Morgan fingerprint density at radius 2 is 2.00 bits per heavy atom. The molecule has 1 heterocycles. The maximum atomic E-state index is 13.4. The molecule has 0 aliphatic heterocycles. The van der Waals surface area contributed by atoms with E-state index in [2.05, 4.69) is 10.3 Å². The first-order valence-corrected chi connectivity index (χ1v) is 7.65. The Morgan fingerprint density at radius 1 is 1.19 bits per heavy atom. The fourth-order valence-corrected chi connectivity index (χ4v) is 2.93. The van der Waals surface area contributed by atoms with Crippen molar-refractivity contribution in [3.8, 4) is 11.4 Å². The minimum atomic E-state index is -0.257. The summed E-state index contributed by atoms with van der Waals surface area (Å²) >= 11 is 0. The molecule has 4 heteroatoms. The Labute approximate surface area is 124 Å². The van der Waals surface area contributed by atoms with E-state index in [1.165, 1.54) is 37.8 Å². The fourth-order valence-electron chi connectivity index (χ4n) is 2.93. The van der Waals surface area contributed by atoms with Crippen molar-refractivity contribution in [1.29, 1.82) is 0 Å². The van der Waals surface area contributed by atoms with Gasteiger partial charge in [-0.2, -0.15) is 0 Å². The summed E-state index contributed by atoms with van der Waals surface area (Å²) in [5.74, 6) is 1.69. The molecule has 3 rings (SSSR count). The second-order valence-electron chi connectivity index (χ2n) is 5.52. The van der Waals surface area contributed by atoms with Crippen LogP contribution < -0.4 is 5.32 Å². The molecule has 1 aliphatic carbocycles. The summed E-state index contributed by atoms with van der Waals surface area (Å²) in [7, 11) is 0. The summed E-state index contributed by atoms with van der Waals surface area (Å²) < 4.78 is 13.4. The van der Waals surface area contributed by atoms with Gasteiger partial charge >= 0.3 is 0 Å². The molecule has 0 amide bonds. The van der Waals surface area contributed by atoms with Crippen molar-refractivity contribution < 1.29 is 4.39 Å². The number of hydrogen-bond acceptors (Lipinski definition) is 3. The molecule has 2 aromatic rings. The van der Waals surface area contributed by atoms with Gasteiger partial charge in [-0.1, -0.05) is 25.0 Å². The van der Waals surface area contributed by atoms with Gasteiger partial charge in [-0.25, -0.2) is 14.4 Å². The summed E-state index contributed by atoms with van der Waals surface area (Å²) in [6.07, 6.45) is 4.90. The monoisotopic (exact) mass is 285 g/mol. The zero-order chi connectivity index (χ0) is 14.7. The quantitative estimate of drug-likeness (QED) is 0.906. The van der Waals surface area contributed by atoms with Gasteiger partial charge in [0.25, 0.3) is 0 Å². The minimum absolute atomic E-state index is 0.257. The van der Waals surface area contributed by atoms with Crippen LogP contribution in [0.25, 0.3) is 11.4 Å². The van der Waals surface area contributed by atoms with E-state index in [1.54, 1.807) is 6.07 Å². The smallest absolute Gasteiger partial charge is 0.161 e. The molecular formula is C17H20FN3. The number of nitrogens with zero attached hydrogens (tertiary/aromatic N) is 2. The van der Waals surface area contributed by atoms with Crippen LogP contribution in [0.5, 0.6) is 0 Å². The second kappa shape index (κ2) is 6.20. The van der Waals surface area contributed by atoms with Crippen molar-refractivity contribution in [3.05, 3.63) is 41.8 Å². The van der Waals surface area contributed by atoms with Gasteiger partial charge in [0.15, 0.2) is 5.82 Å². The number of nitrogens with one attached hydrogen (secondary N) is 1. The first-order chi connectivity index (χ1) is 10.3. The topological polar surface area (TPSA) is 37.8 Å². The molecule has 1 aromatic heterocycles. The van der Waals surface area contributed by atoms with Crippen LogP contribution in [0.2, 0.25) is 0 Å². The molecule has 21 heavy (non-hydrogen) atoms. The minimum Gasteiger partial charge on any atom is -0.370 e. The maximum Gasteiger partial charge on any atom is 0.161 e. The van der Waals surface area contributed by atoms with Gasteiger partial charge < -0.3 is 5.32 Å². The van der Waals surface area contributed by atoms with E-state index in [-0.39, 0.29) is 5.82 Å². The molecule has 110 valence electrons. The van der Waals surface area contributed by atoms with Gasteiger partial charge in [0.1, 0.15) is 11.6 Å². The van der Waals surface area contributed by atoms with Crippen molar-refractivity contribution >= 4 is 5.82 Å². The summed E-state index contributed by atoms with van der Waals surface area (Å²) in [5, 5.41) is 3.25. The molecular weight excluding hydrogens is 265 g/mol. The highest BCUT2D eigenvalue weighted by Gasteiger charge is 2.20. The Balaban J connectivity index is 2.02. The van der Waals surface area contributed by atoms with Crippen molar-refractivity contribution in [2.45, 2.75) is 38.5 Å². The Hall–Kier alpha value is -1.97. The lowest BCUT2D eigenvalue weighted by Crippen LogP contribution is -2.06. The first kappa shape index (κ1) is 14.0. The zero-order valence-corrected chi connectivity index (χ0v) is 12.3. The molecule has 0 saturated heterocycles. The van der Waals surface area contributed by atoms with Gasteiger partial charge in [-0.3, -0.25) is 0 Å². The third kappa shape index (κ3) is 3.20. The van der Waals surface area contributed by atoms with Crippen LogP contribution in [0.1, 0.15) is 44.2 Å². The van der Waals surface area contributed by atoms with Gasteiger partial charge in [-0.15, -0.1) is 0 Å². The van der Waals surface area contributed by atoms with E-state index in [1.807, 2.05) is 19.1 Å². The summed E-state index contributed by atoms with van der Waals surface area (Å²) in [6.45, 7) is 2.85. The van der Waals surface area contributed by atoms with Crippen molar-refractivity contribution in [2.24, 2.45) is 0 Å². The van der Waals surface area contributed by atoms with E-state index < -0.39 is 0 Å². The Bertz CT molecular complexity index is 621. The van der Waals surface area contributed by atoms with E-state index in [0.717, 1.165) is 23.6 Å². The largest absolute Gasteiger partial charge is 0.370 e. The van der Waals surface area contributed by atoms with E-state index in [9.17, 15) is 4.39 Å². The molecule has 0 radical (unpaired) electrons. The van der Waals surface area contributed by atoms with E-state index in [0.29, 0.717) is 11.7 Å². The Kier molecular flexibility index (Phi) is 4.13. The SMILES string of the molecule is CCNc1cc(C2CCCC2)nc(-c2cccc(F)c2)n1. The molecule has 0 bridgehead atoms. The van der Waals surface area contributed by atoms with Crippen molar-refractivity contribution in [2.75, 3.05) is 11.9 Å². The standard InChI is InChI=1S/C17H20FN3/c1-2-19-16-11-15(12-6-3-4-7-12)20-17(21-16)13-8-5-9-14(18)10-13/h5,8-12H,2-4,6-7H2,1H3,(H,19,20,21). The number of rotatable bonds is 4. The highest BCUT2D eigenvalue weighted by molar-refractivity contribution is 5.57. The number of benzene rings is 1. The number of hydrogen-bond donors (Lipinski definition) is 1. The predicted octanol–water partition coefficient (Wildman–Crippen LogP) is 4.37. The first-order valence-electron chi connectivity index (χ1n) is 7.65. The highest BCUT2D eigenvalue weighted by atomic mass is 19.1. The van der Waals surface area contributed by atoms with Crippen LogP contribution >= 0.6 is 0 Å². The van der Waals surface area contributed by atoms with E-state index >= 15 is 0 Å². The van der Waals surface area contributed by atoms with Crippen LogP contribution in [0.15, 0.2) is 30.3 Å². The fraction of sp³-hybridized carbons (Fsp3) is 0.412.